The number of aromatic nitrogens is 2. The molecule has 2 unspecified atom stereocenters. The summed E-state index contributed by atoms with van der Waals surface area (Å²) in [6, 6.07) is -0.363. The minimum atomic E-state index is -0.357. The first-order chi connectivity index (χ1) is 11.0. The van der Waals surface area contributed by atoms with Gasteiger partial charge in [-0.2, -0.15) is 0 Å². The Balaban J connectivity index is 1.78. The van der Waals surface area contributed by atoms with E-state index in [9.17, 15) is 4.79 Å². The molecule has 1 aliphatic heterocycles. The van der Waals surface area contributed by atoms with Gasteiger partial charge < -0.3 is 19.9 Å². The van der Waals surface area contributed by atoms with E-state index in [0.29, 0.717) is 12.5 Å². The normalized spacial score (nSPS) is 24.9. The Morgan fingerprint density at radius 2 is 2.26 bits per heavy atom. The van der Waals surface area contributed by atoms with Crippen LogP contribution >= 0.6 is 0 Å². The van der Waals surface area contributed by atoms with Crippen molar-refractivity contribution in [1.29, 1.82) is 0 Å². The third-order valence-corrected chi connectivity index (χ3v) is 5.38. The van der Waals surface area contributed by atoms with E-state index in [1.165, 1.54) is 6.42 Å². The molecule has 6 nitrogen and oxygen atoms in total. The largest absolute Gasteiger partial charge is 0.383 e. The minimum absolute atomic E-state index is 0.00650. The number of likely N-dealkylation sites (tertiary alicyclic amines) is 1. The molecule has 1 saturated heterocycles. The lowest BCUT2D eigenvalue weighted by Gasteiger charge is -2.55. The molecule has 0 spiro atoms. The molecule has 1 saturated carbocycles. The fourth-order valence-corrected chi connectivity index (χ4v) is 3.76. The fraction of sp³-hybridized carbons (Fsp3) is 0.765. The molecule has 1 aromatic heterocycles. The van der Waals surface area contributed by atoms with Gasteiger partial charge in [0.1, 0.15) is 5.82 Å². The highest BCUT2D eigenvalue weighted by molar-refractivity contribution is 5.83. The summed E-state index contributed by atoms with van der Waals surface area (Å²) in [5, 5.41) is 0. The lowest BCUT2D eigenvalue weighted by Crippen LogP contribution is -2.63. The van der Waals surface area contributed by atoms with Gasteiger partial charge in [0.2, 0.25) is 5.91 Å². The third-order valence-electron chi connectivity index (χ3n) is 5.38. The molecule has 0 radical (unpaired) electrons. The Kier molecular flexibility index (Phi) is 4.47. The zero-order valence-corrected chi connectivity index (χ0v) is 14.4. The molecule has 128 valence electrons. The monoisotopic (exact) mass is 320 g/mol. The number of carbonyl (C=O) groups is 1. The number of carbonyl (C=O) groups excluding carboxylic acids is 1. The number of amides is 1. The summed E-state index contributed by atoms with van der Waals surface area (Å²) < 4.78 is 7.26. The Morgan fingerprint density at radius 3 is 2.83 bits per heavy atom. The molecule has 2 atom stereocenters. The van der Waals surface area contributed by atoms with Gasteiger partial charge in [0.25, 0.3) is 0 Å². The maximum atomic E-state index is 12.8. The summed E-state index contributed by atoms with van der Waals surface area (Å²) in [4.78, 5) is 19.3. The summed E-state index contributed by atoms with van der Waals surface area (Å²) in [5.74, 6) is 1.38. The van der Waals surface area contributed by atoms with Gasteiger partial charge in [0.15, 0.2) is 0 Å². The summed E-state index contributed by atoms with van der Waals surface area (Å²) >= 11 is 0. The van der Waals surface area contributed by atoms with Crippen LogP contribution in [0, 0.1) is 11.3 Å². The van der Waals surface area contributed by atoms with Crippen molar-refractivity contribution in [2.24, 2.45) is 17.1 Å². The molecule has 2 fully saturated rings. The number of hydrogen-bond acceptors (Lipinski definition) is 4. The van der Waals surface area contributed by atoms with E-state index in [0.717, 1.165) is 31.8 Å². The van der Waals surface area contributed by atoms with Gasteiger partial charge in [-0.3, -0.25) is 4.79 Å². The second-order valence-corrected chi connectivity index (χ2v) is 7.55. The molecule has 1 aromatic rings. The Labute approximate surface area is 138 Å². The molecule has 3 rings (SSSR count). The van der Waals surface area contributed by atoms with Crippen molar-refractivity contribution >= 4 is 5.91 Å². The van der Waals surface area contributed by atoms with Crippen LogP contribution in [0.25, 0.3) is 0 Å². The van der Waals surface area contributed by atoms with E-state index in [2.05, 4.69) is 23.4 Å². The zero-order chi connectivity index (χ0) is 16.6. The van der Waals surface area contributed by atoms with Gasteiger partial charge in [-0.05, 0) is 18.8 Å². The Morgan fingerprint density at radius 1 is 1.52 bits per heavy atom. The fourth-order valence-electron chi connectivity index (χ4n) is 3.76. The maximum absolute atomic E-state index is 12.8. The number of methoxy groups -OCH3 is 1. The number of rotatable bonds is 6. The highest BCUT2D eigenvalue weighted by Gasteiger charge is 2.52. The number of nitrogens with zero attached hydrogens (tertiary/aromatic N) is 3. The molecule has 0 aromatic carbocycles. The van der Waals surface area contributed by atoms with E-state index in [-0.39, 0.29) is 23.4 Å². The third kappa shape index (κ3) is 2.90. The SMILES string of the molecule is COCCn1ccnc1C1N(C(=O)C(N)C2CCC2)CC1(C)C. The van der Waals surface area contributed by atoms with E-state index in [1.807, 2.05) is 11.1 Å². The van der Waals surface area contributed by atoms with E-state index < -0.39 is 0 Å². The molecule has 1 aliphatic carbocycles. The summed E-state index contributed by atoms with van der Waals surface area (Å²) in [6.45, 7) is 6.49. The minimum Gasteiger partial charge on any atom is -0.383 e. The zero-order valence-electron chi connectivity index (χ0n) is 14.4. The maximum Gasteiger partial charge on any atom is 0.240 e. The Bertz CT molecular complexity index is 565. The van der Waals surface area contributed by atoms with E-state index >= 15 is 0 Å². The van der Waals surface area contributed by atoms with Gasteiger partial charge in [-0.25, -0.2) is 4.98 Å². The number of imidazole rings is 1. The first-order valence-electron chi connectivity index (χ1n) is 8.51. The molecular weight excluding hydrogens is 292 g/mol. The van der Waals surface area contributed by atoms with Crippen molar-refractivity contribution in [3.63, 3.8) is 0 Å². The van der Waals surface area contributed by atoms with Gasteiger partial charge in [-0.1, -0.05) is 20.3 Å². The second-order valence-electron chi connectivity index (χ2n) is 7.55. The predicted molar refractivity (Wildman–Crippen MR) is 87.7 cm³/mol. The van der Waals surface area contributed by atoms with E-state index in [4.69, 9.17) is 10.5 Å². The molecule has 23 heavy (non-hydrogen) atoms. The molecule has 1 amide bonds. The van der Waals surface area contributed by atoms with Crippen LogP contribution in [0.4, 0.5) is 0 Å². The summed E-state index contributed by atoms with van der Waals surface area (Å²) in [6.07, 6.45) is 7.11. The van der Waals surface area contributed by atoms with Gasteiger partial charge in [0, 0.05) is 38.0 Å². The van der Waals surface area contributed by atoms with Crippen molar-refractivity contribution in [3.05, 3.63) is 18.2 Å². The van der Waals surface area contributed by atoms with Crippen LogP contribution in [0.5, 0.6) is 0 Å². The van der Waals surface area contributed by atoms with Crippen LogP contribution in [0.2, 0.25) is 0 Å². The van der Waals surface area contributed by atoms with Crippen LogP contribution < -0.4 is 5.73 Å². The number of nitrogens with two attached hydrogens (primary N) is 1. The van der Waals surface area contributed by atoms with Crippen LogP contribution in [0.3, 0.4) is 0 Å². The van der Waals surface area contributed by atoms with Gasteiger partial charge in [-0.15, -0.1) is 0 Å². The molecule has 2 aliphatic rings. The van der Waals surface area contributed by atoms with Crippen molar-refractivity contribution < 1.29 is 9.53 Å². The smallest absolute Gasteiger partial charge is 0.240 e. The second kappa shape index (κ2) is 6.24. The van der Waals surface area contributed by atoms with Crippen molar-refractivity contribution in [2.45, 2.75) is 51.7 Å². The van der Waals surface area contributed by atoms with Crippen LogP contribution in [0.1, 0.15) is 45.0 Å². The number of ether oxygens (including phenoxy) is 1. The molecule has 2 N–H and O–H groups in total. The first-order valence-corrected chi connectivity index (χ1v) is 8.51. The lowest BCUT2D eigenvalue weighted by atomic mass is 9.72. The topological polar surface area (TPSA) is 73.4 Å². The highest BCUT2D eigenvalue weighted by atomic mass is 16.5. The quantitative estimate of drug-likeness (QED) is 0.863. The van der Waals surface area contributed by atoms with Crippen molar-refractivity contribution in [3.8, 4) is 0 Å². The van der Waals surface area contributed by atoms with Crippen molar-refractivity contribution in [1.82, 2.24) is 14.5 Å². The predicted octanol–water partition coefficient (Wildman–Crippen LogP) is 1.57. The molecular formula is C17H28N4O2. The standard InChI is InChI=1S/C17H28N4O2/c1-17(2)11-21(16(22)13(18)12-5-4-6-12)14(17)15-19-7-8-20(15)9-10-23-3/h7-8,12-14H,4-6,9-11,18H2,1-3H3. The van der Waals surface area contributed by atoms with Crippen LogP contribution in [-0.4, -0.2) is 46.7 Å². The van der Waals surface area contributed by atoms with E-state index in [1.54, 1.807) is 13.3 Å². The average Bonchev–Trinajstić information content (AvgIpc) is 2.87. The highest BCUT2D eigenvalue weighted by Crippen LogP contribution is 2.48. The molecule has 6 heteroatoms. The van der Waals surface area contributed by atoms with Gasteiger partial charge in [0.05, 0.1) is 18.7 Å². The first kappa shape index (κ1) is 16.5. The lowest BCUT2D eigenvalue weighted by molar-refractivity contribution is -0.156. The Hall–Kier alpha value is -1.40. The van der Waals surface area contributed by atoms with Crippen LogP contribution in [-0.2, 0) is 16.1 Å². The molecule has 0 bridgehead atoms. The molecule has 2 heterocycles. The summed E-state index contributed by atoms with van der Waals surface area (Å²) in [7, 11) is 1.69. The van der Waals surface area contributed by atoms with Gasteiger partial charge >= 0.3 is 0 Å². The number of hydrogen-bond donors (Lipinski definition) is 1. The average molecular weight is 320 g/mol. The van der Waals surface area contributed by atoms with Crippen molar-refractivity contribution in [2.75, 3.05) is 20.3 Å². The van der Waals surface area contributed by atoms with Crippen LogP contribution in [0.15, 0.2) is 12.4 Å². The summed E-state index contributed by atoms with van der Waals surface area (Å²) in [5.41, 5.74) is 6.24.